The molecule has 1 N–H and O–H groups in total. The predicted octanol–water partition coefficient (Wildman–Crippen LogP) is 2.04. The van der Waals surface area contributed by atoms with E-state index >= 15 is 0 Å². The number of carbonyl (C=O) groups excluding carboxylic acids is 1. The van der Waals surface area contributed by atoms with E-state index in [0.29, 0.717) is 19.6 Å². The molecular formula is C15H21NO3. The second-order valence-corrected chi connectivity index (χ2v) is 4.70. The van der Waals surface area contributed by atoms with Crippen molar-refractivity contribution in [3.63, 3.8) is 0 Å². The maximum atomic E-state index is 12.1. The third-order valence-electron chi connectivity index (χ3n) is 3.07. The minimum absolute atomic E-state index is 0.00253. The number of ketones is 1. The van der Waals surface area contributed by atoms with Gasteiger partial charge in [-0.25, -0.2) is 0 Å². The summed E-state index contributed by atoms with van der Waals surface area (Å²) in [5, 5.41) is 3.23. The molecule has 1 unspecified atom stereocenters. The molecule has 1 heterocycles. The Morgan fingerprint density at radius 3 is 2.84 bits per heavy atom. The largest absolute Gasteiger partial charge is 0.494 e. The number of nitrogens with one attached hydrogen (secondary N) is 1. The third-order valence-corrected chi connectivity index (χ3v) is 3.07. The fourth-order valence-corrected chi connectivity index (χ4v) is 2.03. The second kappa shape index (κ2) is 7.26. The van der Waals surface area contributed by atoms with Crippen LogP contribution >= 0.6 is 0 Å². The Morgan fingerprint density at radius 1 is 1.42 bits per heavy atom. The first-order chi connectivity index (χ1) is 9.29. The molecule has 1 atom stereocenters. The standard InChI is InChI=1S/C15H21NO3/c1-2-8-18-13-5-3-12(4-6-13)15(17)10-14-11-16-7-9-19-14/h3-6,14,16H,2,7-11H2,1H3. The molecule has 19 heavy (non-hydrogen) atoms. The van der Waals surface area contributed by atoms with E-state index in [4.69, 9.17) is 9.47 Å². The molecule has 0 aliphatic carbocycles. The zero-order valence-corrected chi connectivity index (χ0v) is 11.4. The minimum atomic E-state index is -0.00253. The van der Waals surface area contributed by atoms with Gasteiger partial charge in [-0.2, -0.15) is 0 Å². The first kappa shape index (κ1) is 14.0. The van der Waals surface area contributed by atoms with Crippen LogP contribution in [0.25, 0.3) is 0 Å². The lowest BCUT2D eigenvalue weighted by Crippen LogP contribution is -2.39. The van der Waals surface area contributed by atoms with Crippen LogP contribution < -0.4 is 10.1 Å². The smallest absolute Gasteiger partial charge is 0.165 e. The number of morpholine rings is 1. The Morgan fingerprint density at radius 2 is 2.21 bits per heavy atom. The number of hydrogen-bond acceptors (Lipinski definition) is 4. The lowest BCUT2D eigenvalue weighted by atomic mass is 10.0. The van der Waals surface area contributed by atoms with Crippen molar-refractivity contribution >= 4 is 5.78 Å². The van der Waals surface area contributed by atoms with Gasteiger partial charge in [-0.05, 0) is 30.7 Å². The van der Waals surface area contributed by atoms with Crippen molar-refractivity contribution in [2.45, 2.75) is 25.9 Å². The van der Waals surface area contributed by atoms with E-state index in [1.54, 1.807) is 0 Å². The van der Waals surface area contributed by atoms with Crippen molar-refractivity contribution in [1.29, 1.82) is 0 Å². The lowest BCUT2D eigenvalue weighted by molar-refractivity contribution is 0.0240. The molecule has 0 bridgehead atoms. The zero-order valence-electron chi connectivity index (χ0n) is 11.4. The van der Waals surface area contributed by atoms with E-state index in [0.717, 1.165) is 30.8 Å². The maximum Gasteiger partial charge on any atom is 0.165 e. The number of rotatable bonds is 6. The highest BCUT2D eigenvalue weighted by molar-refractivity contribution is 5.96. The third kappa shape index (κ3) is 4.33. The summed E-state index contributed by atoms with van der Waals surface area (Å²) in [7, 11) is 0. The Labute approximate surface area is 114 Å². The molecule has 1 aliphatic rings. The number of carbonyl (C=O) groups is 1. The van der Waals surface area contributed by atoms with Crippen molar-refractivity contribution < 1.29 is 14.3 Å². The van der Waals surface area contributed by atoms with Crippen LogP contribution in [0.5, 0.6) is 5.75 Å². The predicted molar refractivity (Wildman–Crippen MR) is 73.8 cm³/mol. The van der Waals surface area contributed by atoms with Gasteiger partial charge in [0.2, 0.25) is 0 Å². The van der Waals surface area contributed by atoms with Gasteiger partial charge in [-0.3, -0.25) is 4.79 Å². The molecule has 0 radical (unpaired) electrons. The highest BCUT2D eigenvalue weighted by Gasteiger charge is 2.18. The van der Waals surface area contributed by atoms with E-state index in [1.807, 2.05) is 24.3 Å². The van der Waals surface area contributed by atoms with E-state index < -0.39 is 0 Å². The van der Waals surface area contributed by atoms with Crippen molar-refractivity contribution in [1.82, 2.24) is 5.32 Å². The quantitative estimate of drug-likeness (QED) is 0.798. The van der Waals surface area contributed by atoms with Crippen molar-refractivity contribution in [3.05, 3.63) is 29.8 Å². The normalized spacial score (nSPS) is 19.1. The van der Waals surface area contributed by atoms with Gasteiger partial charge in [0.25, 0.3) is 0 Å². The summed E-state index contributed by atoms with van der Waals surface area (Å²) in [6, 6.07) is 7.35. The number of ether oxygens (including phenoxy) is 2. The van der Waals surface area contributed by atoms with Gasteiger partial charge in [-0.1, -0.05) is 6.92 Å². The Bertz CT molecular complexity index is 396. The molecule has 1 aliphatic heterocycles. The number of benzene rings is 1. The number of hydrogen-bond donors (Lipinski definition) is 1. The van der Waals surface area contributed by atoms with Crippen LogP contribution in [0, 0.1) is 0 Å². The first-order valence-electron chi connectivity index (χ1n) is 6.88. The van der Waals surface area contributed by atoms with Gasteiger partial charge >= 0.3 is 0 Å². The Hall–Kier alpha value is -1.39. The SMILES string of the molecule is CCCOc1ccc(C(=O)CC2CNCCO2)cc1. The van der Waals surface area contributed by atoms with Crippen LogP contribution in [0.2, 0.25) is 0 Å². The van der Waals surface area contributed by atoms with Gasteiger partial charge in [-0.15, -0.1) is 0 Å². The summed E-state index contributed by atoms with van der Waals surface area (Å²) in [4.78, 5) is 12.1. The molecule has 1 aromatic carbocycles. The van der Waals surface area contributed by atoms with Crippen LogP contribution in [0.1, 0.15) is 30.1 Å². The fraction of sp³-hybridized carbons (Fsp3) is 0.533. The van der Waals surface area contributed by atoms with E-state index in [9.17, 15) is 4.79 Å². The molecule has 1 saturated heterocycles. The van der Waals surface area contributed by atoms with Crippen LogP contribution in [0.3, 0.4) is 0 Å². The van der Waals surface area contributed by atoms with Crippen molar-refractivity contribution in [2.24, 2.45) is 0 Å². The monoisotopic (exact) mass is 263 g/mol. The molecule has 0 amide bonds. The maximum absolute atomic E-state index is 12.1. The van der Waals surface area contributed by atoms with Gasteiger partial charge in [0.1, 0.15) is 5.75 Å². The van der Waals surface area contributed by atoms with Crippen LogP contribution in [0.15, 0.2) is 24.3 Å². The Balaban J connectivity index is 1.87. The minimum Gasteiger partial charge on any atom is -0.494 e. The summed E-state index contributed by atoms with van der Waals surface area (Å²) in [6.45, 7) is 5.07. The summed E-state index contributed by atoms with van der Waals surface area (Å²) >= 11 is 0. The molecule has 4 nitrogen and oxygen atoms in total. The highest BCUT2D eigenvalue weighted by Crippen LogP contribution is 2.15. The van der Waals surface area contributed by atoms with Crippen LogP contribution in [-0.4, -0.2) is 38.2 Å². The molecule has 0 saturated carbocycles. The van der Waals surface area contributed by atoms with Crippen LogP contribution in [0.4, 0.5) is 0 Å². The van der Waals surface area contributed by atoms with E-state index in [-0.39, 0.29) is 11.9 Å². The molecule has 2 rings (SSSR count). The second-order valence-electron chi connectivity index (χ2n) is 4.70. The van der Waals surface area contributed by atoms with Gasteiger partial charge in [0, 0.05) is 25.1 Å². The molecular weight excluding hydrogens is 242 g/mol. The van der Waals surface area contributed by atoms with Gasteiger partial charge < -0.3 is 14.8 Å². The fourth-order valence-electron chi connectivity index (χ4n) is 2.03. The molecule has 0 spiro atoms. The summed E-state index contributed by atoms with van der Waals surface area (Å²) < 4.78 is 11.0. The highest BCUT2D eigenvalue weighted by atomic mass is 16.5. The van der Waals surface area contributed by atoms with Crippen LogP contribution in [-0.2, 0) is 4.74 Å². The van der Waals surface area contributed by atoms with E-state index in [2.05, 4.69) is 12.2 Å². The lowest BCUT2D eigenvalue weighted by Gasteiger charge is -2.22. The van der Waals surface area contributed by atoms with E-state index in [1.165, 1.54) is 0 Å². The summed E-state index contributed by atoms with van der Waals surface area (Å²) in [5.41, 5.74) is 0.720. The van der Waals surface area contributed by atoms with Gasteiger partial charge in [0.15, 0.2) is 5.78 Å². The molecule has 104 valence electrons. The van der Waals surface area contributed by atoms with Crippen molar-refractivity contribution in [3.8, 4) is 5.75 Å². The number of Topliss-reactive ketones (excluding diaryl/α,β-unsaturated/α-hetero) is 1. The molecule has 1 fully saturated rings. The average molecular weight is 263 g/mol. The Kier molecular flexibility index (Phi) is 5.36. The zero-order chi connectivity index (χ0) is 13.5. The van der Waals surface area contributed by atoms with Crippen molar-refractivity contribution in [2.75, 3.05) is 26.3 Å². The molecule has 1 aromatic rings. The summed E-state index contributed by atoms with van der Waals surface area (Å²) in [6.07, 6.45) is 1.41. The molecule has 0 aromatic heterocycles. The first-order valence-corrected chi connectivity index (χ1v) is 6.88. The topological polar surface area (TPSA) is 47.6 Å². The summed E-state index contributed by atoms with van der Waals surface area (Å²) in [5.74, 6) is 0.935. The van der Waals surface area contributed by atoms with Gasteiger partial charge in [0.05, 0.1) is 19.3 Å². The average Bonchev–Trinajstić information content (AvgIpc) is 2.46. The molecule has 4 heteroatoms.